The summed E-state index contributed by atoms with van der Waals surface area (Å²) in [5.41, 5.74) is -0.576. The van der Waals surface area contributed by atoms with Gasteiger partial charge in [0.25, 0.3) is 0 Å². The van der Waals surface area contributed by atoms with E-state index in [9.17, 15) is 9.36 Å². The molecule has 0 heterocycles. The Morgan fingerprint density at radius 2 is 2.14 bits per heavy atom. The number of carbonyl (C=O) groups is 1. The Bertz CT molecular complexity index is 102. The molecule has 0 spiro atoms. The van der Waals surface area contributed by atoms with Gasteiger partial charge in [-0.1, -0.05) is 0 Å². The third-order valence-corrected chi connectivity index (χ3v) is 2.06. The van der Waals surface area contributed by atoms with Gasteiger partial charge in [0.05, 0.1) is 5.88 Å². The van der Waals surface area contributed by atoms with E-state index in [4.69, 9.17) is 22.8 Å². The first-order valence-electron chi connectivity index (χ1n) is 1.47. The van der Waals surface area contributed by atoms with Crippen LogP contribution in [-0.2, 0) is 9.36 Å². The van der Waals surface area contributed by atoms with Crippen molar-refractivity contribution in [1.29, 1.82) is 0 Å². The van der Waals surface area contributed by atoms with Gasteiger partial charge in [-0.2, -0.15) is 0 Å². The summed E-state index contributed by atoms with van der Waals surface area (Å²) < 4.78 is 9.89. The van der Waals surface area contributed by atoms with Crippen LogP contribution in [0, 0.1) is 0 Å². The summed E-state index contributed by atoms with van der Waals surface area (Å²) in [6, 6.07) is 0. The van der Waals surface area contributed by atoms with Crippen LogP contribution in [-0.4, -0.2) is 11.4 Å². The summed E-state index contributed by atoms with van der Waals surface area (Å²) in [5.74, 6) is -0.249. The number of hydrogen-bond acceptors (Lipinski definition) is 2. The lowest BCUT2D eigenvalue weighted by molar-refractivity contribution is -0.109. The fourth-order valence-corrected chi connectivity index (χ4v) is 0.927. The maximum absolute atomic E-state index is 9.98. The minimum atomic E-state index is -2.51. The minimum Gasteiger partial charge on any atom is -0.302 e. The lowest BCUT2D eigenvalue weighted by Gasteiger charge is -1.79. The Morgan fingerprint density at radius 3 is 2.14 bits per heavy atom. The second-order valence-corrected chi connectivity index (χ2v) is 3.23. The molecule has 0 saturated carbocycles. The molecule has 5 heteroatoms. The van der Waals surface area contributed by atoms with Gasteiger partial charge in [-0.3, -0.25) is 4.79 Å². The maximum atomic E-state index is 9.98. The molecule has 0 bridgehead atoms. The molecule has 0 aromatic heterocycles. The van der Waals surface area contributed by atoms with Crippen LogP contribution in [0.25, 0.3) is 0 Å². The largest absolute Gasteiger partial charge is 0.302 e. The van der Waals surface area contributed by atoms with E-state index in [2.05, 4.69) is 0 Å². The molecule has 1 unspecified atom stereocenters. The van der Waals surface area contributed by atoms with Crippen LogP contribution in [0.4, 0.5) is 0 Å². The monoisotopic (exact) mass is 160 g/mol. The van der Waals surface area contributed by atoms with Crippen molar-refractivity contribution in [3.8, 4) is 0 Å². The summed E-state index contributed by atoms with van der Waals surface area (Å²) in [7, 11) is -2.51. The van der Waals surface area contributed by atoms with Crippen LogP contribution in [0.5, 0.6) is 0 Å². The van der Waals surface area contributed by atoms with Crippen molar-refractivity contribution in [2.45, 2.75) is 0 Å². The molecule has 2 nitrogen and oxygen atoms in total. The molecule has 0 N–H and O–H groups in total. The van der Waals surface area contributed by atoms with E-state index in [0.717, 1.165) is 0 Å². The Morgan fingerprint density at radius 1 is 1.71 bits per heavy atom. The van der Waals surface area contributed by atoms with Crippen molar-refractivity contribution >= 4 is 35.5 Å². The summed E-state index contributed by atoms with van der Waals surface area (Å²) in [4.78, 5) is 9.98. The fraction of sp³-hybridized carbons (Fsp3) is 0.500. The lowest BCUT2D eigenvalue weighted by atomic mass is 10.9. The van der Waals surface area contributed by atoms with Gasteiger partial charge in [0.15, 0.2) is 0 Å². The van der Waals surface area contributed by atoms with Crippen LogP contribution < -0.4 is 0 Å². The van der Waals surface area contributed by atoms with E-state index in [1.807, 2.05) is 0 Å². The summed E-state index contributed by atoms with van der Waals surface area (Å²) >= 11 is 9.78. The average Bonchev–Trinajstić information content (AvgIpc) is 1.65. The minimum absolute atomic E-state index is 0.249. The second kappa shape index (κ2) is 3.48. The summed E-state index contributed by atoms with van der Waals surface area (Å²) in [5, 5.41) is 0. The summed E-state index contributed by atoms with van der Waals surface area (Å²) in [6.07, 6.45) is 0. The van der Waals surface area contributed by atoms with E-state index in [1.54, 1.807) is 0 Å². The molecule has 0 radical (unpaired) electrons. The molecule has 0 saturated heterocycles. The van der Waals surface area contributed by atoms with Crippen LogP contribution >= 0.6 is 30.0 Å². The van der Waals surface area contributed by atoms with E-state index < -0.39 is 12.7 Å². The highest BCUT2D eigenvalue weighted by Crippen LogP contribution is 2.27. The van der Waals surface area contributed by atoms with Crippen molar-refractivity contribution in [2.24, 2.45) is 0 Å². The van der Waals surface area contributed by atoms with Gasteiger partial charge < -0.3 is 4.57 Å². The van der Waals surface area contributed by atoms with Crippen LogP contribution in [0.3, 0.4) is 0 Å². The lowest BCUT2D eigenvalue weighted by Crippen LogP contribution is -1.86. The van der Waals surface area contributed by atoms with Crippen molar-refractivity contribution in [2.75, 3.05) is 5.88 Å². The molecular weight excluding hydrogens is 158 g/mol. The van der Waals surface area contributed by atoms with Crippen LogP contribution in [0.1, 0.15) is 0 Å². The normalized spacial score (nSPS) is 13.4. The van der Waals surface area contributed by atoms with Gasteiger partial charge in [0.2, 0.25) is 12.7 Å². The summed E-state index contributed by atoms with van der Waals surface area (Å²) in [6.45, 7) is 0. The Balaban J connectivity index is 3.58. The topological polar surface area (TPSA) is 34.1 Å². The maximum Gasteiger partial charge on any atom is 0.221 e. The van der Waals surface area contributed by atoms with Crippen LogP contribution in [0.2, 0.25) is 0 Å². The number of carbonyl (C=O) groups excluding carboxylic acids is 1. The first-order chi connectivity index (χ1) is 3.18. The highest BCUT2D eigenvalue weighted by atomic mass is 35.7. The standard InChI is InChI=1S/C2H3Cl2O2P/c3-1-2(5)7(4)6/h7H,1H2. The van der Waals surface area contributed by atoms with Crippen molar-refractivity contribution in [1.82, 2.24) is 0 Å². The van der Waals surface area contributed by atoms with Gasteiger partial charge in [-0.15, -0.1) is 11.6 Å². The molecule has 42 valence electrons. The van der Waals surface area contributed by atoms with E-state index in [0.29, 0.717) is 0 Å². The molecule has 0 aliphatic heterocycles. The quantitative estimate of drug-likeness (QED) is 0.453. The Kier molecular flexibility index (Phi) is 3.72. The van der Waals surface area contributed by atoms with Gasteiger partial charge >= 0.3 is 0 Å². The van der Waals surface area contributed by atoms with Crippen molar-refractivity contribution < 1.29 is 9.36 Å². The van der Waals surface area contributed by atoms with Gasteiger partial charge in [0.1, 0.15) is 0 Å². The number of halogens is 2. The molecular formula is C2H3Cl2O2P. The fourth-order valence-electron chi connectivity index (χ4n) is 0.0525. The first kappa shape index (κ1) is 7.48. The molecule has 0 aromatic carbocycles. The van der Waals surface area contributed by atoms with E-state index in [-0.39, 0.29) is 5.88 Å². The third-order valence-electron chi connectivity index (χ3n) is 0.341. The number of hydrogen-bond donors (Lipinski definition) is 0. The average molecular weight is 161 g/mol. The zero-order chi connectivity index (χ0) is 5.86. The first-order valence-corrected chi connectivity index (χ1v) is 4.42. The predicted molar refractivity (Wildman–Crippen MR) is 30.6 cm³/mol. The zero-order valence-electron chi connectivity index (χ0n) is 3.28. The van der Waals surface area contributed by atoms with E-state index in [1.165, 1.54) is 0 Å². The molecule has 0 aliphatic carbocycles. The van der Waals surface area contributed by atoms with Gasteiger partial charge in [-0.25, -0.2) is 0 Å². The number of alkyl halides is 1. The highest BCUT2D eigenvalue weighted by molar-refractivity contribution is 7.87. The Labute approximate surface area is 51.4 Å². The van der Waals surface area contributed by atoms with Crippen molar-refractivity contribution in [3.63, 3.8) is 0 Å². The van der Waals surface area contributed by atoms with E-state index >= 15 is 0 Å². The molecule has 0 aliphatic rings. The van der Waals surface area contributed by atoms with Crippen molar-refractivity contribution in [3.05, 3.63) is 0 Å². The predicted octanol–water partition coefficient (Wildman–Crippen LogP) is 1.47. The third kappa shape index (κ3) is 3.10. The zero-order valence-corrected chi connectivity index (χ0v) is 5.79. The van der Waals surface area contributed by atoms with Gasteiger partial charge in [-0.05, 0) is 11.2 Å². The molecule has 0 aromatic rings. The van der Waals surface area contributed by atoms with Gasteiger partial charge in [0, 0.05) is 0 Å². The molecule has 0 amide bonds. The molecule has 0 rings (SSSR count). The molecule has 1 atom stereocenters. The number of rotatable bonds is 2. The smallest absolute Gasteiger partial charge is 0.221 e. The Hall–Kier alpha value is 0.480. The molecule has 0 fully saturated rings. The SMILES string of the molecule is O=C(CCl)[PH](=O)Cl. The second-order valence-electron chi connectivity index (χ2n) is 0.831. The van der Waals surface area contributed by atoms with Crippen LogP contribution in [0.15, 0.2) is 0 Å². The molecule has 7 heavy (non-hydrogen) atoms. The highest BCUT2D eigenvalue weighted by Gasteiger charge is 2.03.